The van der Waals surface area contributed by atoms with E-state index < -0.39 is 0 Å². The van der Waals surface area contributed by atoms with Gasteiger partial charge in [0.15, 0.2) is 0 Å². The minimum absolute atomic E-state index is 1.11. The zero-order valence-electron chi connectivity index (χ0n) is 12.4. The summed E-state index contributed by atoms with van der Waals surface area (Å²) in [7, 11) is 6.46. The highest BCUT2D eigenvalue weighted by molar-refractivity contribution is 4.68. The number of nitrogens with zero attached hydrogens (tertiary/aromatic N) is 2. The van der Waals surface area contributed by atoms with Crippen LogP contribution in [0, 0.1) is 0 Å². The van der Waals surface area contributed by atoms with Crippen LogP contribution in [0.2, 0.25) is 0 Å². The molecule has 0 N–H and O–H groups in total. The molecule has 0 aromatic carbocycles. The number of unbranched alkanes of at least 4 members (excludes halogenated alkanes) is 2. The van der Waals surface area contributed by atoms with Gasteiger partial charge in [-0.25, -0.2) is 0 Å². The first kappa shape index (κ1) is 18.8. The SMILES string of the molecule is C=CC.C=CCCN(C)CCCCCN(C)C. The largest absolute Gasteiger partial charge is 0.309 e. The topological polar surface area (TPSA) is 6.48 Å². The molecule has 0 radical (unpaired) electrons. The lowest BCUT2D eigenvalue weighted by atomic mass is 10.2. The van der Waals surface area contributed by atoms with Crippen molar-refractivity contribution in [1.29, 1.82) is 0 Å². The molecule has 0 aliphatic heterocycles. The highest BCUT2D eigenvalue weighted by Crippen LogP contribution is 1.99. The van der Waals surface area contributed by atoms with Crippen LogP contribution in [-0.2, 0) is 0 Å². The molecule has 0 atom stereocenters. The summed E-state index contributed by atoms with van der Waals surface area (Å²) in [5.74, 6) is 0. The van der Waals surface area contributed by atoms with Crippen LogP contribution in [-0.4, -0.2) is 50.6 Å². The predicted octanol–water partition coefficient (Wildman–Crippen LogP) is 3.42. The van der Waals surface area contributed by atoms with Gasteiger partial charge in [-0.1, -0.05) is 18.6 Å². The molecule has 0 amide bonds. The van der Waals surface area contributed by atoms with Crippen molar-refractivity contribution >= 4 is 0 Å². The summed E-state index contributed by atoms with van der Waals surface area (Å²) in [4.78, 5) is 4.64. The van der Waals surface area contributed by atoms with Crippen molar-refractivity contribution in [1.82, 2.24) is 9.80 Å². The van der Waals surface area contributed by atoms with Crippen LogP contribution in [0.3, 0.4) is 0 Å². The Balaban J connectivity index is 0. The fraction of sp³-hybridized carbons (Fsp3) is 0.733. The Hall–Kier alpha value is -0.600. The molecule has 0 aromatic heterocycles. The lowest BCUT2D eigenvalue weighted by Gasteiger charge is -2.15. The Labute approximate surface area is 109 Å². The van der Waals surface area contributed by atoms with Gasteiger partial charge in [0.1, 0.15) is 0 Å². The Bertz CT molecular complexity index is 164. The van der Waals surface area contributed by atoms with Crippen LogP contribution in [0.4, 0.5) is 0 Å². The quantitative estimate of drug-likeness (QED) is 0.450. The van der Waals surface area contributed by atoms with E-state index in [2.05, 4.69) is 44.1 Å². The van der Waals surface area contributed by atoms with Gasteiger partial charge in [0, 0.05) is 6.54 Å². The Morgan fingerprint density at radius 2 is 1.41 bits per heavy atom. The Morgan fingerprint density at radius 1 is 0.882 bits per heavy atom. The van der Waals surface area contributed by atoms with Crippen LogP contribution < -0.4 is 0 Å². The molecule has 2 nitrogen and oxygen atoms in total. The molecule has 0 heterocycles. The molecule has 0 saturated carbocycles. The molecular weight excluding hydrogens is 208 g/mol. The third kappa shape index (κ3) is 21.3. The summed E-state index contributed by atoms with van der Waals surface area (Å²) in [6, 6.07) is 0. The van der Waals surface area contributed by atoms with E-state index in [0.29, 0.717) is 0 Å². The van der Waals surface area contributed by atoms with Gasteiger partial charge in [0.25, 0.3) is 0 Å². The predicted molar refractivity (Wildman–Crippen MR) is 80.6 cm³/mol. The van der Waals surface area contributed by atoms with Crippen LogP contribution in [0.1, 0.15) is 32.6 Å². The molecular formula is C15H32N2. The maximum Gasteiger partial charge on any atom is 0.00128 e. The first-order valence-electron chi connectivity index (χ1n) is 6.59. The minimum atomic E-state index is 1.11. The molecule has 0 unspecified atom stereocenters. The number of hydrogen-bond donors (Lipinski definition) is 0. The zero-order chi connectivity index (χ0) is 13.5. The maximum absolute atomic E-state index is 3.73. The van der Waals surface area contributed by atoms with E-state index in [1.165, 1.54) is 32.4 Å². The van der Waals surface area contributed by atoms with Gasteiger partial charge < -0.3 is 9.80 Å². The fourth-order valence-electron chi connectivity index (χ4n) is 1.41. The highest BCUT2D eigenvalue weighted by Gasteiger charge is 1.96. The molecule has 0 bridgehead atoms. The lowest BCUT2D eigenvalue weighted by molar-refractivity contribution is 0.323. The van der Waals surface area contributed by atoms with E-state index in [4.69, 9.17) is 0 Å². The molecule has 102 valence electrons. The first-order valence-corrected chi connectivity index (χ1v) is 6.59. The van der Waals surface area contributed by atoms with Crippen molar-refractivity contribution in [2.24, 2.45) is 0 Å². The van der Waals surface area contributed by atoms with Crippen molar-refractivity contribution in [2.45, 2.75) is 32.6 Å². The zero-order valence-corrected chi connectivity index (χ0v) is 12.4. The summed E-state index contributed by atoms with van der Waals surface area (Å²) in [5, 5.41) is 0. The monoisotopic (exact) mass is 240 g/mol. The van der Waals surface area contributed by atoms with E-state index in [-0.39, 0.29) is 0 Å². The average molecular weight is 240 g/mol. The Kier molecular flexibility index (Phi) is 17.0. The Morgan fingerprint density at radius 3 is 1.88 bits per heavy atom. The van der Waals surface area contributed by atoms with E-state index in [9.17, 15) is 0 Å². The van der Waals surface area contributed by atoms with Crippen LogP contribution in [0.15, 0.2) is 25.3 Å². The molecule has 0 fully saturated rings. The molecule has 17 heavy (non-hydrogen) atoms. The van der Waals surface area contributed by atoms with Gasteiger partial charge in [-0.3, -0.25) is 0 Å². The molecule has 0 saturated heterocycles. The van der Waals surface area contributed by atoms with Gasteiger partial charge in [-0.2, -0.15) is 0 Å². The highest BCUT2D eigenvalue weighted by atomic mass is 15.1. The lowest BCUT2D eigenvalue weighted by Crippen LogP contribution is -2.20. The van der Waals surface area contributed by atoms with Gasteiger partial charge >= 0.3 is 0 Å². The summed E-state index contributed by atoms with van der Waals surface area (Å²) >= 11 is 0. The summed E-state index contributed by atoms with van der Waals surface area (Å²) in [6.45, 7) is 12.6. The standard InChI is InChI=1S/C12H26N2.C3H6/c1-5-6-11-14(4)12-9-7-8-10-13(2)3;1-3-2/h5H,1,6-12H2,2-4H3;3H,1H2,2H3. The molecule has 0 aromatic rings. The van der Waals surface area contributed by atoms with Crippen molar-refractivity contribution in [3.05, 3.63) is 25.3 Å². The second-order valence-electron chi connectivity index (χ2n) is 4.65. The van der Waals surface area contributed by atoms with E-state index in [1.807, 2.05) is 13.0 Å². The van der Waals surface area contributed by atoms with Gasteiger partial charge in [0.05, 0.1) is 0 Å². The number of allylic oxidation sites excluding steroid dienone is 1. The molecule has 0 aliphatic rings. The number of rotatable bonds is 9. The first-order chi connectivity index (χ1) is 8.08. The third-order valence-corrected chi connectivity index (χ3v) is 2.36. The van der Waals surface area contributed by atoms with Crippen molar-refractivity contribution in [2.75, 3.05) is 40.8 Å². The second-order valence-corrected chi connectivity index (χ2v) is 4.65. The van der Waals surface area contributed by atoms with Crippen molar-refractivity contribution in [3.8, 4) is 0 Å². The van der Waals surface area contributed by atoms with Gasteiger partial charge in [0.2, 0.25) is 0 Å². The smallest absolute Gasteiger partial charge is 0.00128 e. The fourth-order valence-corrected chi connectivity index (χ4v) is 1.41. The second kappa shape index (κ2) is 15.4. The summed E-state index contributed by atoms with van der Waals surface area (Å²) in [5.41, 5.74) is 0. The summed E-state index contributed by atoms with van der Waals surface area (Å²) in [6.07, 6.45) is 8.83. The maximum atomic E-state index is 3.73. The van der Waals surface area contributed by atoms with E-state index in [1.54, 1.807) is 6.08 Å². The van der Waals surface area contributed by atoms with Crippen molar-refractivity contribution < 1.29 is 0 Å². The van der Waals surface area contributed by atoms with Crippen LogP contribution in [0.5, 0.6) is 0 Å². The number of hydrogen-bond acceptors (Lipinski definition) is 2. The van der Waals surface area contributed by atoms with Crippen molar-refractivity contribution in [3.63, 3.8) is 0 Å². The van der Waals surface area contributed by atoms with Crippen LogP contribution >= 0.6 is 0 Å². The van der Waals surface area contributed by atoms with Gasteiger partial charge in [-0.05, 0) is 60.4 Å². The molecule has 2 heteroatoms. The minimum Gasteiger partial charge on any atom is -0.309 e. The van der Waals surface area contributed by atoms with E-state index in [0.717, 1.165) is 13.0 Å². The third-order valence-electron chi connectivity index (χ3n) is 2.36. The molecule has 0 aliphatic carbocycles. The molecule has 0 rings (SSSR count). The normalized spacial score (nSPS) is 10.0. The average Bonchev–Trinajstić information content (AvgIpc) is 2.26. The summed E-state index contributed by atoms with van der Waals surface area (Å²) < 4.78 is 0. The van der Waals surface area contributed by atoms with E-state index >= 15 is 0 Å². The van der Waals surface area contributed by atoms with Gasteiger partial charge in [-0.15, -0.1) is 13.2 Å². The van der Waals surface area contributed by atoms with Crippen LogP contribution in [0.25, 0.3) is 0 Å². The molecule has 0 spiro atoms.